The van der Waals surface area contributed by atoms with Crippen LogP contribution in [0.25, 0.3) is 5.57 Å². The molecule has 2 unspecified atom stereocenters. The van der Waals surface area contributed by atoms with E-state index in [1.807, 2.05) is 45.0 Å². The highest BCUT2D eigenvalue weighted by Crippen LogP contribution is 2.59. The Balaban J connectivity index is 2.20. The van der Waals surface area contributed by atoms with Crippen molar-refractivity contribution in [1.29, 1.82) is 0 Å². The van der Waals surface area contributed by atoms with E-state index in [-0.39, 0.29) is 17.3 Å². The summed E-state index contributed by atoms with van der Waals surface area (Å²) in [5.74, 6) is -0.851. The number of hydrogen-bond donors (Lipinski definition) is 1. The quantitative estimate of drug-likeness (QED) is 0.892. The number of carboxylic acids is 1. The lowest BCUT2D eigenvalue weighted by molar-refractivity contribution is -0.139. The van der Waals surface area contributed by atoms with E-state index in [4.69, 9.17) is 16.7 Å². The van der Waals surface area contributed by atoms with E-state index in [0.29, 0.717) is 5.02 Å². The van der Waals surface area contributed by atoms with Crippen molar-refractivity contribution in [2.24, 2.45) is 17.3 Å². The molecule has 96 valence electrons. The first-order valence-corrected chi connectivity index (χ1v) is 6.39. The Morgan fingerprint density at radius 2 is 1.89 bits per heavy atom. The van der Waals surface area contributed by atoms with Crippen LogP contribution < -0.4 is 0 Å². The third-order valence-electron chi connectivity index (χ3n) is 3.91. The molecule has 1 aromatic rings. The standard InChI is InChI=1S/C15H17ClO2/c1-9(10-4-6-11(16)7-5-10)8-12-13(14(17)18)15(12,2)3/h4-8,12-13H,1-3H3,(H,17,18). The average Bonchev–Trinajstić information content (AvgIpc) is 2.81. The summed E-state index contributed by atoms with van der Waals surface area (Å²) in [6, 6.07) is 7.61. The van der Waals surface area contributed by atoms with Crippen LogP contribution in [0.5, 0.6) is 0 Å². The fourth-order valence-corrected chi connectivity index (χ4v) is 2.66. The van der Waals surface area contributed by atoms with E-state index >= 15 is 0 Å². The predicted octanol–water partition coefficient (Wildman–Crippen LogP) is 4.10. The zero-order valence-corrected chi connectivity index (χ0v) is 11.5. The lowest BCUT2D eigenvalue weighted by Gasteiger charge is -2.03. The van der Waals surface area contributed by atoms with Gasteiger partial charge in [-0.3, -0.25) is 4.79 Å². The lowest BCUT2D eigenvalue weighted by Crippen LogP contribution is -2.03. The number of allylic oxidation sites excluding steroid dienone is 2. The second-order valence-electron chi connectivity index (χ2n) is 5.52. The molecule has 1 saturated carbocycles. The molecule has 2 nitrogen and oxygen atoms in total. The fraction of sp³-hybridized carbons (Fsp3) is 0.400. The lowest BCUT2D eigenvalue weighted by atomic mass is 10.0. The summed E-state index contributed by atoms with van der Waals surface area (Å²) < 4.78 is 0. The van der Waals surface area contributed by atoms with E-state index in [1.54, 1.807) is 0 Å². The zero-order valence-electron chi connectivity index (χ0n) is 10.8. The number of carboxylic acid groups (broad SMARTS) is 1. The van der Waals surface area contributed by atoms with Crippen LogP contribution in [0.4, 0.5) is 0 Å². The molecule has 0 heterocycles. The van der Waals surface area contributed by atoms with Gasteiger partial charge < -0.3 is 5.11 Å². The second-order valence-corrected chi connectivity index (χ2v) is 5.96. The van der Waals surface area contributed by atoms with Crippen molar-refractivity contribution in [3.63, 3.8) is 0 Å². The van der Waals surface area contributed by atoms with Gasteiger partial charge >= 0.3 is 5.97 Å². The van der Waals surface area contributed by atoms with Gasteiger partial charge in [0.25, 0.3) is 0 Å². The first kappa shape index (κ1) is 13.2. The minimum atomic E-state index is -0.704. The Labute approximate surface area is 112 Å². The molecule has 0 aliphatic heterocycles. The van der Waals surface area contributed by atoms with Gasteiger partial charge in [0.2, 0.25) is 0 Å². The van der Waals surface area contributed by atoms with Crippen molar-refractivity contribution >= 4 is 23.1 Å². The highest BCUT2D eigenvalue weighted by atomic mass is 35.5. The molecule has 1 aliphatic rings. The maximum atomic E-state index is 11.1. The van der Waals surface area contributed by atoms with Gasteiger partial charge in [-0.05, 0) is 41.5 Å². The van der Waals surface area contributed by atoms with Crippen LogP contribution in [0.2, 0.25) is 5.02 Å². The van der Waals surface area contributed by atoms with Gasteiger partial charge in [0, 0.05) is 5.02 Å². The van der Waals surface area contributed by atoms with Gasteiger partial charge in [-0.2, -0.15) is 0 Å². The van der Waals surface area contributed by atoms with Crippen LogP contribution in [-0.4, -0.2) is 11.1 Å². The number of aliphatic carboxylic acids is 1. The van der Waals surface area contributed by atoms with Crippen molar-refractivity contribution < 1.29 is 9.90 Å². The summed E-state index contributed by atoms with van der Waals surface area (Å²) in [7, 11) is 0. The molecule has 0 radical (unpaired) electrons. The molecule has 0 bridgehead atoms. The molecule has 2 rings (SSSR count). The van der Waals surface area contributed by atoms with E-state index < -0.39 is 5.97 Å². The minimum absolute atomic E-state index is 0.116. The summed E-state index contributed by atoms with van der Waals surface area (Å²) >= 11 is 5.85. The molecular weight excluding hydrogens is 248 g/mol. The molecule has 1 aliphatic carbocycles. The smallest absolute Gasteiger partial charge is 0.307 e. The molecule has 18 heavy (non-hydrogen) atoms. The van der Waals surface area contributed by atoms with Crippen LogP contribution in [-0.2, 0) is 4.79 Å². The van der Waals surface area contributed by atoms with E-state index in [0.717, 1.165) is 11.1 Å². The van der Waals surface area contributed by atoms with Gasteiger partial charge in [0.1, 0.15) is 0 Å². The molecule has 1 fully saturated rings. The molecule has 0 amide bonds. The largest absolute Gasteiger partial charge is 0.481 e. The third kappa shape index (κ3) is 2.30. The first-order chi connectivity index (χ1) is 8.34. The maximum Gasteiger partial charge on any atom is 0.307 e. The van der Waals surface area contributed by atoms with Gasteiger partial charge in [-0.25, -0.2) is 0 Å². The van der Waals surface area contributed by atoms with Gasteiger partial charge in [0.15, 0.2) is 0 Å². The number of rotatable bonds is 3. The van der Waals surface area contributed by atoms with Crippen molar-refractivity contribution in [1.82, 2.24) is 0 Å². The molecule has 2 atom stereocenters. The Morgan fingerprint density at radius 3 is 2.33 bits per heavy atom. The summed E-state index contributed by atoms with van der Waals surface area (Å²) in [5.41, 5.74) is 2.05. The van der Waals surface area contributed by atoms with Gasteiger partial charge in [-0.1, -0.05) is 43.7 Å². The fourth-order valence-electron chi connectivity index (χ4n) is 2.54. The molecular formula is C15H17ClO2. The summed E-state index contributed by atoms with van der Waals surface area (Å²) in [4.78, 5) is 11.1. The number of carbonyl (C=O) groups is 1. The topological polar surface area (TPSA) is 37.3 Å². The zero-order chi connectivity index (χ0) is 13.5. The van der Waals surface area contributed by atoms with E-state index in [9.17, 15) is 4.79 Å². The number of benzene rings is 1. The van der Waals surface area contributed by atoms with Crippen molar-refractivity contribution in [3.05, 3.63) is 40.9 Å². The SMILES string of the molecule is CC(=CC1C(C(=O)O)C1(C)C)c1ccc(Cl)cc1. The van der Waals surface area contributed by atoms with Crippen molar-refractivity contribution in [2.45, 2.75) is 20.8 Å². The molecule has 3 heteroatoms. The highest BCUT2D eigenvalue weighted by Gasteiger charge is 2.60. The summed E-state index contributed by atoms with van der Waals surface area (Å²) in [6.07, 6.45) is 2.07. The average molecular weight is 265 g/mol. The Kier molecular flexibility index (Phi) is 3.24. The van der Waals surface area contributed by atoms with E-state index in [2.05, 4.69) is 6.08 Å². The Bertz CT molecular complexity index is 500. The molecule has 0 saturated heterocycles. The third-order valence-corrected chi connectivity index (χ3v) is 4.16. The number of hydrogen-bond acceptors (Lipinski definition) is 1. The summed E-state index contributed by atoms with van der Waals surface area (Å²) in [5, 5.41) is 9.84. The minimum Gasteiger partial charge on any atom is -0.481 e. The predicted molar refractivity (Wildman–Crippen MR) is 73.5 cm³/mol. The van der Waals surface area contributed by atoms with Crippen LogP contribution in [0, 0.1) is 17.3 Å². The van der Waals surface area contributed by atoms with Gasteiger partial charge in [-0.15, -0.1) is 0 Å². The van der Waals surface area contributed by atoms with Crippen LogP contribution in [0.1, 0.15) is 26.3 Å². The van der Waals surface area contributed by atoms with Crippen LogP contribution in [0.3, 0.4) is 0 Å². The monoisotopic (exact) mass is 264 g/mol. The van der Waals surface area contributed by atoms with E-state index in [1.165, 1.54) is 0 Å². The second kappa shape index (κ2) is 4.43. The van der Waals surface area contributed by atoms with Gasteiger partial charge in [0.05, 0.1) is 5.92 Å². The molecule has 1 N–H and O–H groups in total. The molecule has 1 aromatic carbocycles. The van der Waals surface area contributed by atoms with Crippen molar-refractivity contribution in [3.8, 4) is 0 Å². The van der Waals surface area contributed by atoms with Crippen LogP contribution >= 0.6 is 11.6 Å². The molecule has 0 aromatic heterocycles. The first-order valence-electron chi connectivity index (χ1n) is 6.01. The highest BCUT2D eigenvalue weighted by molar-refractivity contribution is 6.30. The van der Waals surface area contributed by atoms with Crippen molar-refractivity contribution in [2.75, 3.05) is 0 Å². The summed E-state index contributed by atoms with van der Waals surface area (Å²) in [6.45, 7) is 6.01. The Morgan fingerprint density at radius 1 is 1.33 bits per heavy atom. The normalized spacial score (nSPS) is 25.9. The Hall–Kier alpha value is -1.28. The molecule has 0 spiro atoms. The van der Waals surface area contributed by atoms with Crippen LogP contribution in [0.15, 0.2) is 30.3 Å². The number of halogens is 1. The maximum absolute atomic E-state index is 11.1.